The van der Waals surface area contributed by atoms with E-state index in [0.29, 0.717) is 54.6 Å². The van der Waals surface area contributed by atoms with Gasteiger partial charge in [0.05, 0.1) is 10.6 Å². The molecule has 3 aromatic rings. The van der Waals surface area contributed by atoms with Crippen LogP contribution in [0, 0.1) is 6.92 Å². The average molecular weight is 400 g/mol. The van der Waals surface area contributed by atoms with Crippen LogP contribution < -0.4 is 10.4 Å². The van der Waals surface area contributed by atoms with Crippen molar-refractivity contribution in [2.45, 2.75) is 26.3 Å². The quantitative estimate of drug-likeness (QED) is 0.659. The smallest absolute Gasteiger partial charge is 0.340 e. The Hall–Kier alpha value is -2.34. The molecule has 0 saturated carbocycles. The van der Waals surface area contributed by atoms with Crippen LogP contribution in [0.25, 0.3) is 11.0 Å². The molecular weight excluding hydrogens is 378 g/mol. The Morgan fingerprint density at radius 1 is 1.25 bits per heavy atom. The first kappa shape index (κ1) is 19.0. The van der Waals surface area contributed by atoms with Gasteiger partial charge in [0.15, 0.2) is 0 Å². The zero-order valence-corrected chi connectivity index (χ0v) is 16.5. The van der Waals surface area contributed by atoms with Gasteiger partial charge in [0.1, 0.15) is 18.1 Å². The van der Waals surface area contributed by atoms with Crippen LogP contribution in [0.15, 0.2) is 45.6 Å². The topological polar surface area (TPSA) is 62.9 Å². The van der Waals surface area contributed by atoms with Gasteiger partial charge in [-0.2, -0.15) is 0 Å². The van der Waals surface area contributed by atoms with Crippen molar-refractivity contribution in [2.75, 3.05) is 19.9 Å². The number of hydrogen-bond acceptors (Lipinski definition) is 5. The Morgan fingerprint density at radius 2 is 2.04 bits per heavy atom. The minimum atomic E-state index is -0.328. The number of benzene rings is 2. The van der Waals surface area contributed by atoms with Crippen LogP contribution in [0.3, 0.4) is 0 Å². The van der Waals surface area contributed by atoms with Crippen molar-refractivity contribution in [1.29, 1.82) is 0 Å². The third kappa shape index (κ3) is 3.53. The SMILES string of the molecule is Cc1c(Cc2ccccc2)c(=O)oc2c3c(c(Cl)cc12)OCN(CCCO)C3. The fraction of sp³-hybridized carbons (Fsp3) is 0.318. The summed E-state index contributed by atoms with van der Waals surface area (Å²) in [4.78, 5) is 14.9. The monoisotopic (exact) mass is 399 g/mol. The second-order valence-corrected chi connectivity index (χ2v) is 7.51. The maximum Gasteiger partial charge on any atom is 0.340 e. The van der Waals surface area contributed by atoms with Crippen molar-refractivity contribution in [2.24, 2.45) is 0 Å². The molecule has 1 N–H and O–H groups in total. The highest BCUT2D eigenvalue weighted by Crippen LogP contribution is 2.39. The molecule has 5 nitrogen and oxygen atoms in total. The molecular formula is C22H22ClNO4. The number of nitrogens with zero attached hydrogens (tertiary/aromatic N) is 1. The fourth-order valence-corrected chi connectivity index (χ4v) is 3.98. The highest BCUT2D eigenvalue weighted by atomic mass is 35.5. The van der Waals surface area contributed by atoms with E-state index >= 15 is 0 Å². The predicted molar refractivity (Wildman–Crippen MR) is 109 cm³/mol. The molecule has 28 heavy (non-hydrogen) atoms. The molecule has 0 aliphatic carbocycles. The number of aliphatic hydroxyl groups is 1. The van der Waals surface area contributed by atoms with Crippen LogP contribution in [0.2, 0.25) is 5.02 Å². The van der Waals surface area contributed by atoms with Crippen molar-refractivity contribution < 1.29 is 14.3 Å². The zero-order valence-electron chi connectivity index (χ0n) is 15.7. The summed E-state index contributed by atoms with van der Waals surface area (Å²) in [6.45, 7) is 3.71. The first-order chi connectivity index (χ1) is 13.6. The van der Waals surface area contributed by atoms with Crippen molar-refractivity contribution >= 4 is 22.6 Å². The van der Waals surface area contributed by atoms with Gasteiger partial charge < -0.3 is 14.3 Å². The van der Waals surface area contributed by atoms with Gasteiger partial charge in [-0.1, -0.05) is 41.9 Å². The summed E-state index contributed by atoms with van der Waals surface area (Å²) in [5.41, 5.74) is 3.58. The Morgan fingerprint density at radius 3 is 2.79 bits per heavy atom. The van der Waals surface area contributed by atoms with Crippen molar-refractivity contribution in [3.05, 3.63) is 74.1 Å². The largest absolute Gasteiger partial charge is 0.476 e. The van der Waals surface area contributed by atoms with E-state index in [-0.39, 0.29) is 12.2 Å². The van der Waals surface area contributed by atoms with Gasteiger partial charge in [-0.25, -0.2) is 4.79 Å². The molecule has 0 radical (unpaired) electrons. The third-order valence-electron chi connectivity index (χ3n) is 5.21. The highest BCUT2D eigenvalue weighted by molar-refractivity contribution is 6.33. The molecule has 0 fully saturated rings. The van der Waals surface area contributed by atoms with Crippen LogP contribution in [0.5, 0.6) is 5.75 Å². The van der Waals surface area contributed by atoms with Gasteiger partial charge in [0.2, 0.25) is 0 Å². The molecule has 0 unspecified atom stereocenters. The number of aliphatic hydroxyl groups excluding tert-OH is 1. The van der Waals surface area contributed by atoms with Crippen molar-refractivity contribution in [1.82, 2.24) is 4.90 Å². The minimum Gasteiger partial charge on any atom is -0.476 e. The van der Waals surface area contributed by atoms with E-state index in [1.165, 1.54) is 0 Å². The molecule has 1 aromatic heterocycles. The molecule has 4 rings (SSSR count). The third-order valence-corrected chi connectivity index (χ3v) is 5.49. The van der Waals surface area contributed by atoms with Crippen LogP contribution in [-0.2, 0) is 13.0 Å². The first-order valence-corrected chi connectivity index (χ1v) is 9.74. The Kier molecular flexibility index (Phi) is 5.40. The number of aryl methyl sites for hydroxylation is 1. The Labute approximate surface area is 168 Å². The van der Waals surface area contributed by atoms with Gasteiger partial charge >= 0.3 is 5.63 Å². The summed E-state index contributed by atoms with van der Waals surface area (Å²) in [7, 11) is 0. The standard InChI is InChI=1S/C22H22ClNO4/c1-14-16-11-19(23)21-18(12-24(13-27-21)8-5-9-25)20(16)28-22(26)17(14)10-15-6-3-2-4-7-15/h2-4,6-7,11,25H,5,8-10,12-13H2,1H3. The zero-order chi connectivity index (χ0) is 19.7. The number of halogens is 1. The second kappa shape index (κ2) is 7.95. The molecule has 0 atom stereocenters. The lowest BCUT2D eigenvalue weighted by molar-refractivity contribution is 0.0887. The summed E-state index contributed by atoms with van der Waals surface area (Å²) in [6, 6.07) is 11.7. The fourth-order valence-electron chi connectivity index (χ4n) is 3.70. The Balaban J connectivity index is 1.81. The maximum atomic E-state index is 12.8. The molecule has 146 valence electrons. The van der Waals surface area contributed by atoms with Crippen LogP contribution in [-0.4, -0.2) is 29.9 Å². The van der Waals surface area contributed by atoms with Gasteiger partial charge in [-0.15, -0.1) is 0 Å². The van der Waals surface area contributed by atoms with E-state index in [1.807, 2.05) is 43.3 Å². The summed E-state index contributed by atoms with van der Waals surface area (Å²) >= 11 is 6.49. The highest BCUT2D eigenvalue weighted by Gasteiger charge is 2.25. The predicted octanol–water partition coefficient (Wildman–Crippen LogP) is 3.88. The van der Waals surface area contributed by atoms with E-state index < -0.39 is 0 Å². The number of ether oxygens (including phenoxy) is 1. The number of hydrogen-bond donors (Lipinski definition) is 1. The van der Waals surface area contributed by atoms with Gasteiger partial charge in [-0.05, 0) is 30.5 Å². The summed E-state index contributed by atoms with van der Waals surface area (Å²) in [5, 5.41) is 10.4. The molecule has 1 aliphatic heterocycles. The first-order valence-electron chi connectivity index (χ1n) is 9.36. The van der Waals surface area contributed by atoms with E-state index in [2.05, 4.69) is 4.90 Å². The second-order valence-electron chi connectivity index (χ2n) is 7.10. The van der Waals surface area contributed by atoms with Crippen LogP contribution in [0.1, 0.15) is 28.7 Å². The van der Waals surface area contributed by atoms with Gasteiger partial charge in [0.25, 0.3) is 0 Å². The molecule has 0 saturated heterocycles. The van der Waals surface area contributed by atoms with Crippen LogP contribution in [0.4, 0.5) is 0 Å². The van der Waals surface area contributed by atoms with Gasteiger partial charge in [0, 0.05) is 37.1 Å². The molecule has 1 aliphatic rings. The van der Waals surface area contributed by atoms with Crippen LogP contribution >= 0.6 is 11.6 Å². The molecule has 6 heteroatoms. The van der Waals surface area contributed by atoms with E-state index in [4.69, 9.17) is 25.9 Å². The molecule has 2 aromatic carbocycles. The summed E-state index contributed by atoms with van der Waals surface area (Å²) < 4.78 is 11.6. The number of fused-ring (bicyclic) bond motifs is 3. The maximum absolute atomic E-state index is 12.8. The lowest BCUT2D eigenvalue weighted by Gasteiger charge is -2.30. The average Bonchev–Trinajstić information content (AvgIpc) is 2.71. The van der Waals surface area contributed by atoms with E-state index in [9.17, 15) is 4.79 Å². The van der Waals surface area contributed by atoms with Crippen molar-refractivity contribution in [3.8, 4) is 5.75 Å². The van der Waals surface area contributed by atoms with Crippen molar-refractivity contribution in [3.63, 3.8) is 0 Å². The van der Waals surface area contributed by atoms with Gasteiger partial charge in [-0.3, -0.25) is 4.90 Å². The number of rotatable bonds is 5. The summed E-state index contributed by atoms with van der Waals surface area (Å²) in [5.74, 6) is 0.577. The normalized spacial score (nSPS) is 14.1. The molecule has 0 spiro atoms. The molecule has 0 amide bonds. The minimum absolute atomic E-state index is 0.122. The van der Waals surface area contributed by atoms with E-state index in [0.717, 1.165) is 22.1 Å². The Bertz CT molecular complexity index is 1060. The lowest BCUT2D eigenvalue weighted by Crippen LogP contribution is -2.33. The molecule has 0 bridgehead atoms. The lowest BCUT2D eigenvalue weighted by atomic mass is 9.97. The summed E-state index contributed by atoms with van der Waals surface area (Å²) in [6.07, 6.45) is 1.17. The molecule has 2 heterocycles. The van der Waals surface area contributed by atoms with E-state index in [1.54, 1.807) is 0 Å².